The van der Waals surface area contributed by atoms with Gasteiger partial charge in [-0.25, -0.2) is 4.79 Å². The SMILES string of the molecule is NCCCCC(N)C(=O)NC(CS)C(=O)NC(CO)C(=O)NC(CCCN=C(N)N)C(=O)O. The van der Waals surface area contributed by atoms with Crippen molar-refractivity contribution in [3.8, 4) is 0 Å². The number of thiol groups is 1. The summed E-state index contributed by atoms with van der Waals surface area (Å²) in [6.07, 6.45) is 2.01. The normalized spacial score (nSPS) is 14.3. The zero-order valence-electron chi connectivity index (χ0n) is 18.4. The Hall–Kier alpha value is -2.62. The first-order valence-corrected chi connectivity index (χ1v) is 11.1. The Kier molecular flexibility index (Phi) is 15.6. The average Bonchev–Trinajstić information content (AvgIpc) is 2.76. The summed E-state index contributed by atoms with van der Waals surface area (Å²) in [6.45, 7) is -0.163. The van der Waals surface area contributed by atoms with E-state index in [1.807, 2.05) is 0 Å². The quantitative estimate of drug-likeness (QED) is 0.0406. The number of carboxylic acid groups (broad SMARTS) is 1. The highest BCUT2D eigenvalue weighted by Crippen LogP contribution is 2.02. The zero-order valence-corrected chi connectivity index (χ0v) is 19.3. The topological polar surface area (TPSA) is 261 Å². The molecular formula is C18H36N8O6S. The van der Waals surface area contributed by atoms with Crippen LogP contribution in [0.25, 0.3) is 0 Å². The summed E-state index contributed by atoms with van der Waals surface area (Å²) >= 11 is 4.03. The minimum atomic E-state index is -1.45. The van der Waals surface area contributed by atoms with Gasteiger partial charge in [0.25, 0.3) is 0 Å². The molecule has 0 saturated heterocycles. The fourth-order valence-corrected chi connectivity index (χ4v) is 2.87. The molecule has 0 spiro atoms. The molecule has 3 amide bonds. The van der Waals surface area contributed by atoms with E-state index in [0.717, 1.165) is 0 Å². The number of amides is 3. The smallest absolute Gasteiger partial charge is 0.326 e. The lowest BCUT2D eigenvalue weighted by atomic mass is 10.1. The summed E-state index contributed by atoms with van der Waals surface area (Å²) in [4.78, 5) is 52.2. The maximum atomic E-state index is 12.5. The summed E-state index contributed by atoms with van der Waals surface area (Å²) in [6, 6.07) is -4.71. The van der Waals surface area contributed by atoms with Crippen molar-refractivity contribution in [3.05, 3.63) is 0 Å². The van der Waals surface area contributed by atoms with Crippen molar-refractivity contribution in [2.45, 2.75) is 56.3 Å². The molecular weight excluding hydrogens is 456 g/mol. The van der Waals surface area contributed by atoms with Crippen LogP contribution in [-0.2, 0) is 19.2 Å². The lowest BCUT2D eigenvalue weighted by Crippen LogP contribution is -2.58. The molecule has 0 fully saturated rings. The number of aliphatic carboxylic acids is 1. The van der Waals surface area contributed by atoms with Crippen molar-refractivity contribution in [2.75, 3.05) is 25.4 Å². The maximum Gasteiger partial charge on any atom is 0.326 e. The van der Waals surface area contributed by atoms with Crippen molar-refractivity contribution < 1.29 is 29.4 Å². The molecule has 0 aliphatic heterocycles. The number of guanidine groups is 1. The molecule has 13 N–H and O–H groups in total. The molecule has 14 nitrogen and oxygen atoms in total. The lowest BCUT2D eigenvalue weighted by Gasteiger charge is -2.23. The van der Waals surface area contributed by atoms with Gasteiger partial charge in [0.2, 0.25) is 17.7 Å². The van der Waals surface area contributed by atoms with Gasteiger partial charge in [-0.2, -0.15) is 12.6 Å². The largest absolute Gasteiger partial charge is 0.480 e. The predicted octanol–water partition coefficient (Wildman–Crippen LogP) is -4.04. The number of aliphatic imine (C=N–C) groups is 1. The Morgan fingerprint density at radius 1 is 0.879 bits per heavy atom. The first kappa shape index (κ1) is 30.4. The molecule has 0 aliphatic rings. The van der Waals surface area contributed by atoms with Crippen LogP contribution in [0.5, 0.6) is 0 Å². The van der Waals surface area contributed by atoms with Crippen LogP contribution >= 0.6 is 12.6 Å². The molecule has 0 radical (unpaired) electrons. The number of unbranched alkanes of at least 4 members (excludes halogenated alkanes) is 1. The van der Waals surface area contributed by atoms with E-state index < -0.39 is 54.5 Å². The standard InChI is InChI=1S/C18H36N8O6S/c19-6-2-1-4-10(20)14(28)26-13(9-33)16(30)25-12(8-27)15(29)24-11(17(31)32)5-3-7-23-18(21)22/h10-13,27,33H,1-9,19-20H2,(H,24,29)(H,25,30)(H,26,28)(H,31,32)(H4,21,22,23). The van der Waals surface area contributed by atoms with Gasteiger partial charge in [-0.05, 0) is 32.2 Å². The van der Waals surface area contributed by atoms with E-state index in [9.17, 15) is 29.4 Å². The maximum absolute atomic E-state index is 12.5. The molecule has 0 aliphatic carbocycles. The van der Waals surface area contributed by atoms with E-state index in [-0.39, 0.29) is 31.1 Å². The number of carbonyl (C=O) groups excluding carboxylic acids is 3. The molecule has 0 bridgehead atoms. The summed E-state index contributed by atoms with van der Waals surface area (Å²) in [5.74, 6) is -3.83. The van der Waals surface area contributed by atoms with Gasteiger partial charge in [-0.15, -0.1) is 0 Å². The zero-order chi connectivity index (χ0) is 25.4. The highest BCUT2D eigenvalue weighted by molar-refractivity contribution is 7.80. The summed E-state index contributed by atoms with van der Waals surface area (Å²) in [5.41, 5.74) is 21.6. The molecule has 4 atom stereocenters. The van der Waals surface area contributed by atoms with Crippen LogP contribution in [0.2, 0.25) is 0 Å². The number of rotatable bonds is 17. The second-order valence-electron chi connectivity index (χ2n) is 7.23. The van der Waals surface area contributed by atoms with Crippen molar-refractivity contribution in [3.63, 3.8) is 0 Å². The number of aliphatic hydroxyl groups is 1. The van der Waals surface area contributed by atoms with Gasteiger partial charge in [0.05, 0.1) is 12.6 Å². The van der Waals surface area contributed by atoms with Gasteiger partial charge >= 0.3 is 5.97 Å². The van der Waals surface area contributed by atoms with Crippen LogP contribution < -0.4 is 38.9 Å². The molecule has 33 heavy (non-hydrogen) atoms. The Balaban J connectivity index is 4.89. The number of carbonyl (C=O) groups is 4. The van der Waals surface area contributed by atoms with Gasteiger partial charge in [0.15, 0.2) is 5.96 Å². The van der Waals surface area contributed by atoms with Crippen molar-refractivity contribution in [1.29, 1.82) is 0 Å². The van der Waals surface area contributed by atoms with E-state index in [1.54, 1.807) is 0 Å². The number of carboxylic acids is 1. The number of aliphatic hydroxyl groups excluding tert-OH is 1. The first-order valence-electron chi connectivity index (χ1n) is 10.4. The van der Waals surface area contributed by atoms with Crippen LogP contribution in [0, 0.1) is 0 Å². The van der Waals surface area contributed by atoms with Crippen molar-refractivity contribution >= 4 is 42.3 Å². The third-order valence-electron chi connectivity index (χ3n) is 4.50. The first-order chi connectivity index (χ1) is 15.6. The van der Waals surface area contributed by atoms with Crippen LogP contribution in [0.1, 0.15) is 32.1 Å². The number of hydrogen-bond donors (Lipinski definition) is 10. The Morgan fingerprint density at radius 2 is 1.45 bits per heavy atom. The molecule has 190 valence electrons. The van der Waals surface area contributed by atoms with E-state index >= 15 is 0 Å². The minimum Gasteiger partial charge on any atom is -0.480 e. The monoisotopic (exact) mass is 492 g/mol. The van der Waals surface area contributed by atoms with Crippen LogP contribution in [0.15, 0.2) is 4.99 Å². The average molecular weight is 493 g/mol. The van der Waals surface area contributed by atoms with Crippen LogP contribution in [0.3, 0.4) is 0 Å². The second-order valence-corrected chi connectivity index (χ2v) is 7.59. The number of nitrogens with two attached hydrogens (primary N) is 4. The predicted molar refractivity (Wildman–Crippen MR) is 125 cm³/mol. The summed E-state index contributed by atoms with van der Waals surface area (Å²) < 4.78 is 0. The van der Waals surface area contributed by atoms with Gasteiger partial charge < -0.3 is 49.1 Å². The van der Waals surface area contributed by atoms with Gasteiger partial charge in [0, 0.05) is 12.3 Å². The third-order valence-corrected chi connectivity index (χ3v) is 4.86. The third kappa shape index (κ3) is 12.9. The van der Waals surface area contributed by atoms with Crippen LogP contribution in [0.4, 0.5) is 0 Å². The molecule has 15 heteroatoms. The fourth-order valence-electron chi connectivity index (χ4n) is 2.61. The summed E-state index contributed by atoms with van der Waals surface area (Å²) in [5, 5.41) is 25.8. The second kappa shape index (κ2) is 16.9. The number of hydrogen-bond acceptors (Lipinski definition) is 9. The highest BCUT2D eigenvalue weighted by atomic mass is 32.1. The fraction of sp³-hybridized carbons (Fsp3) is 0.722. The molecule has 0 aromatic rings. The molecule has 0 saturated carbocycles. The minimum absolute atomic E-state index is 0.0152. The number of nitrogens with one attached hydrogen (secondary N) is 3. The van der Waals surface area contributed by atoms with Gasteiger partial charge in [-0.1, -0.05) is 6.42 Å². The molecule has 0 heterocycles. The molecule has 4 unspecified atom stereocenters. The Morgan fingerprint density at radius 3 is 1.97 bits per heavy atom. The van der Waals surface area contributed by atoms with E-state index in [4.69, 9.17) is 22.9 Å². The Labute approximate surface area is 197 Å². The van der Waals surface area contributed by atoms with Gasteiger partial charge in [0.1, 0.15) is 18.1 Å². The van der Waals surface area contributed by atoms with Crippen molar-refractivity contribution in [2.24, 2.45) is 27.9 Å². The van der Waals surface area contributed by atoms with Crippen molar-refractivity contribution in [1.82, 2.24) is 16.0 Å². The van der Waals surface area contributed by atoms with E-state index in [1.165, 1.54) is 0 Å². The molecule has 0 rings (SSSR count). The van der Waals surface area contributed by atoms with E-state index in [2.05, 4.69) is 33.6 Å². The van der Waals surface area contributed by atoms with Gasteiger partial charge in [-0.3, -0.25) is 19.4 Å². The van der Waals surface area contributed by atoms with Crippen LogP contribution in [-0.4, -0.2) is 89.5 Å². The lowest BCUT2D eigenvalue weighted by molar-refractivity contribution is -0.142. The highest BCUT2D eigenvalue weighted by Gasteiger charge is 2.29. The number of nitrogens with zero attached hydrogens (tertiary/aromatic N) is 1. The molecule has 0 aromatic heterocycles. The molecule has 0 aromatic carbocycles. The Bertz CT molecular complexity index is 676. The van der Waals surface area contributed by atoms with E-state index in [0.29, 0.717) is 25.8 Å². The summed E-state index contributed by atoms with van der Waals surface area (Å²) in [7, 11) is 0.